The van der Waals surface area contributed by atoms with Gasteiger partial charge in [0, 0.05) is 31.2 Å². The first kappa shape index (κ1) is 20.9. The van der Waals surface area contributed by atoms with E-state index in [0.717, 1.165) is 15.3 Å². The van der Waals surface area contributed by atoms with Gasteiger partial charge in [0.25, 0.3) is 5.91 Å². The van der Waals surface area contributed by atoms with E-state index in [2.05, 4.69) is 9.88 Å². The maximum atomic E-state index is 12.8. The minimum absolute atomic E-state index is 0.0975. The van der Waals surface area contributed by atoms with E-state index in [1.165, 1.54) is 11.3 Å². The van der Waals surface area contributed by atoms with Gasteiger partial charge in [-0.25, -0.2) is 9.78 Å². The van der Waals surface area contributed by atoms with Crippen molar-refractivity contribution in [1.29, 1.82) is 0 Å². The smallest absolute Gasteiger partial charge is 0.338 e. The molecule has 1 aliphatic heterocycles. The fourth-order valence-electron chi connectivity index (χ4n) is 3.32. The quantitative estimate of drug-likeness (QED) is 0.522. The first-order valence-corrected chi connectivity index (χ1v) is 11.1. The molecule has 0 saturated carbocycles. The number of esters is 1. The van der Waals surface area contributed by atoms with E-state index in [0.29, 0.717) is 54.0 Å². The van der Waals surface area contributed by atoms with Crippen molar-refractivity contribution in [3.05, 3.63) is 57.6 Å². The van der Waals surface area contributed by atoms with Gasteiger partial charge >= 0.3 is 5.97 Å². The molecule has 9 heteroatoms. The number of anilines is 1. The molecule has 30 heavy (non-hydrogen) atoms. The molecular weight excluding hydrogens is 445 g/mol. The maximum absolute atomic E-state index is 12.8. The van der Waals surface area contributed by atoms with Crippen LogP contribution in [0.1, 0.15) is 27.6 Å². The molecule has 6 nitrogen and oxygen atoms in total. The van der Waals surface area contributed by atoms with Gasteiger partial charge < -0.3 is 14.5 Å². The van der Waals surface area contributed by atoms with E-state index in [1.807, 2.05) is 12.1 Å². The topological polar surface area (TPSA) is 62.7 Å². The zero-order chi connectivity index (χ0) is 21.3. The highest BCUT2D eigenvalue weighted by Gasteiger charge is 2.25. The summed E-state index contributed by atoms with van der Waals surface area (Å²) in [5.74, 6) is -0.429. The molecule has 0 atom stereocenters. The minimum atomic E-state index is -0.331. The van der Waals surface area contributed by atoms with Crippen LogP contribution in [0.15, 0.2) is 36.4 Å². The molecule has 4 rings (SSSR count). The Labute approximate surface area is 188 Å². The fourth-order valence-corrected chi connectivity index (χ4v) is 4.87. The molecule has 1 saturated heterocycles. The lowest BCUT2D eigenvalue weighted by atomic mass is 10.2. The van der Waals surface area contributed by atoms with Crippen molar-refractivity contribution in [3.8, 4) is 0 Å². The number of amides is 1. The molecule has 0 unspecified atom stereocenters. The third-order valence-electron chi connectivity index (χ3n) is 4.89. The summed E-state index contributed by atoms with van der Waals surface area (Å²) in [4.78, 5) is 33.4. The number of piperazine rings is 1. The van der Waals surface area contributed by atoms with Gasteiger partial charge in [-0.05, 0) is 43.3 Å². The second kappa shape index (κ2) is 8.79. The average Bonchev–Trinajstić information content (AvgIpc) is 3.17. The lowest BCUT2D eigenvalue weighted by molar-refractivity contribution is 0.0526. The Kier molecular flexibility index (Phi) is 6.13. The SMILES string of the molecule is CCOC(=O)c1ccc2nc(N3CCN(C(=O)c4ccc(Cl)cc4Cl)CC3)sc2c1. The number of rotatable bonds is 4. The number of carbonyl (C=O) groups excluding carboxylic acids is 2. The molecule has 156 valence electrons. The maximum Gasteiger partial charge on any atom is 0.338 e. The molecule has 0 spiro atoms. The van der Waals surface area contributed by atoms with Crippen LogP contribution < -0.4 is 4.90 Å². The van der Waals surface area contributed by atoms with Crippen molar-refractivity contribution < 1.29 is 14.3 Å². The predicted octanol–water partition coefficient (Wildman–Crippen LogP) is 4.74. The number of halogens is 2. The van der Waals surface area contributed by atoms with Crippen LogP contribution in [-0.4, -0.2) is 54.5 Å². The lowest BCUT2D eigenvalue weighted by Gasteiger charge is -2.34. The van der Waals surface area contributed by atoms with Gasteiger partial charge in [0.15, 0.2) is 5.13 Å². The number of benzene rings is 2. The Morgan fingerprint density at radius 3 is 2.57 bits per heavy atom. The average molecular weight is 464 g/mol. The van der Waals surface area contributed by atoms with E-state index >= 15 is 0 Å². The first-order valence-electron chi connectivity index (χ1n) is 9.53. The Morgan fingerprint density at radius 2 is 1.87 bits per heavy atom. The van der Waals surface area contributed by atoms with Gasteiger partial charge in [0.05, 0.1) is 33.0 Å². The van der Waals surface area contributed by atoms with Gasteiger partial charge in [-0.3, -0.25) is 4.79 Å². The molecule has 0 aliphatic carbocycles. The van der Waals surface area contributed by atoms with Gasteiger partial charge in [0.2, 0.25) is 0 Å². The Balaban J connectivity index is 1.45. The lowest BCUT2D eigenvalue weighted by Crippen LogP contribution is -2.48. The summed E-state index contributed by atoms with van der Waals surface area (Å²) in [7, 11) is 0. The van der Waals surface area contributed by atoms with E-state index in [4.69, 9.17) is 27.9 Å². The molecule has 2 heterocycles. The highest BCUT2D eigenvalue weighted by Crippen LogP contribution is 2.31. The zero-order valence-corrected chi connectivity index (χ0v) is 18.6. The fraction of sp³-hybridized carbons (Fsp3) is 0.286. The Morgan fingerprint density at radius 1 is 1.10 bits per heavy atom. The van der Waals surface area contributed by atoms with Crippen LogP contribution in [0.25, 0.3) is 10.2 Å². The molecule has 1 aliphatic rings. The van der Waals surface area contributed by atoms with Gasteiger partial charge in [-0.1, -0.05) is 34.5 Å². The van der Waals surface area contributed by atoms with Crippen LogP contribution in [0.4, 0.5) is 5.13 Å². The van der Waals surface area contributed by atoms with E-state index in [1.54, 1.807) is 36.1 Å². The molecule has 0 radical (unpaired) electrons. The number of hydrogen-bond acceptors (Lipinski definition) is 6. The van der Waals surface area contributed by atoms with Crippen LogP contribution in [0, 0.1) is 0 Å². The number of nitrogens with zero attached hydrogens (tertiary/aromatic N) is 3. The normalized spacial score (nSPS) is 14.2. The van der Waals surface area contributed by atoms with Crippen molar-refractivity contribution in [2.45, 2.75) is 6.92 Å². The second-order valence-corrected chi connectivity index (χ2v) is 8.66. The van der Waals surface area contributed by atoms with E-state index < -0.39 is 0 Å². The van der Waals surface area contributed by atoms with Crippen LogP contribution >= 0.6 is 34.5 Å². The molecule has 0 bridgehead atoms. The van der Waals surface area contributed by atoms with E-state index in [-0.39, 0.29) is 11.9 Å². The highest BCUT2D eigenvalue weighted by molar-refractivity contribution is 7.22. The molecule has 1 aromatic heterocycles. The summed E-state index contributed by atoms with van der Waals surface area (Å²) in [6.07, 6.45) is 0. The third kappa shape index (κ3) is 4.24. The Bertz CT molecular complexity index is 1110. The van der Waals surface area contributed by atoms with Crippen molar-refractivity contribution in [2.75, 3.05) is 37.7 Å². The van der Waals surface area contributed by atoms with Gasteiger partial charge in [-0.2, -0.15) is 0 Å². The minimum Gasteiger partial charge on any atom is -0.462 e. The second-order valence-electron chi connectivity index (χ2n) is 6.80. The van der Waals surface area contributed by atoms with Crippen LogP contribution in [0.3, 0.4) is 0 Å². The predicted molar refractivity (Wildman–Crippen MR) is 120 cm³/mol. The third-order valence-corrected chi connectivity index (χ3v) is 6.51. The van der Waals surface area contributed by atoms with Crippen molar-refractivity contribution in [1.82, 2.24) is 9.88 Å². The largest absolute Gasteiger partial charge is 0.462 e. The number of fused-ring (bicyclic) bond motifs is 1. The monoisotopic (exact) mass is 463 g/mol. The number of thiazole rings is 1. The summed E-state index contributed by atoms with van der Waals surface area (Å²) < 4.78 is 6.00. The number of carbonyl (C=O) groups is 2. The molecular formula is C21H19Cl2N3O3S. The van der Waals surface area contributed by atoms with Crippen LogP contribution in [-0.2, 0) is 4.74 Å². The first-order chi connectivity index (χ1) is 14.5. The van der Waals surface area contributed by atoms with Crippen molar-refractivity contribution in [2.24, 2.45) is 0 Å². The molecule has 3 aromatic rings. The van der Waals surface area contributed by atoms with Gasteiger partial charge in [-0.15, -0.1) is 0 Å². The summed E-state index contributed by atoms with van der Waals surface area (Å²) in [6, 6.07) is 10.3. The van der Waals surface area contributed by atoms with Crippen molar-refractivity contribution >= 4 is 61.8 Å². The summed E-state index contributed by atoms with van der Waals surface area (Å²) in [6.45, 7) is 4.61. The molecule has 1 fully saturated rings. The summed E-state index contributed by atoms with van der Waals surface area (Å²) >= 11 is 13.6. The van der Waals surface area contributed by atoms with Crippen molar-refractivity contribution in [3.63, 3.8) is 0 Å². The molecule has 1 amide bonds. The van der Waals surface area contributed by atoms with Crippen LogP contribution in [0.2, 0.25) is 10.0 Å². The van der Waals surface area contributed by atoms with E-state index in [9.17, 15) is 9.59 Å². The number of aromatic nitrogens is 1. The zero-order valence-electron chi connectivity index (χ0n) is 16.2. The Hall–Kier alpha value is -2.35. The highest BCUT2D eigenvalue weighted by atomic mass is 35.5. The van der Waals surface area contributed by atoms with Crippen LogP contribution in [0.5, 0.6) is 0 Å². The number of ether oxygens (including phenoxy) is 1. The summed E-state index contributed by atoms with van der Waals surface area (Å²) in [5, 5.41) is 1.74. The number of hydrogen-bond donors (Lipinski definition) is 0. The molecule has 0 N–H and O–H groups in total. The summed E-state index contributed by atoms with van der Waals surface area (Å²) in [5.41, 5.74) is 1.82. The molecule has 2 aromatic carbocycles. The standard InChI is InChI=1S/C21H19Cl2N3O3S/c1-2-29-20(28)13-3-6-17-18(11-13)30-21(24-17)26-9-7-25(8-10-26)19(27)15-5-4-14(22)12-16(15)23/h3-6,11-12H,2,7-10H2,1H3. The van der Waals surface area contributed by atoms with Gasteiger partial charge in [0.1, 0.15) is 0 Å².